The van der Waals surface area contributed by atoms with Gasteiger partial charge >= 0.3 is 0 Å². The second-order valence-corrected chi connectivity index (χ2v) is 4.18. The molecule has 0 fully saturated rings. The summed E-state index contributed by atoms with van der Waals surface area (Å²) >= 11 is 0. The molecule has 0 rings (SSSR count). The number of carbonyl (C=O) groups excluding carboxylic acids is 1. The highest BCUT2D eigenvalue weighted by Crippen LogP contribution is 2.04. The minimum absolute atomic E-state index is 0.109. The van der Waals surface area contributed by atoms with E-state index in [0.29, 0.717) is 12.3 Å². The quantitative estimate of drug-likeness (QED) is 0.685. The van der Waals surface area contributed by atoms with E-state index in [1.54, 1.807) is 0 Å². The van der Waals surface area contributed by atoms with Crippen LogP contribution in [0.4, 0.5) is 0 Å². The van der Waals surface area contributed by atoms with Crippen molar-refractivity contribution in [3.63, 3.8) is 0 Å². The first-order valence-corrected chi connectivity index (χ1v) is 4.87. The average molecular weight is 183 g/mol. The van der Waals surface area contributed by atoms with Crippen molar-refractivity contribution in [2.24, 2.45) is 11.8 Å². The van der Waals surface area contributed by atoms with Crippen molar-refractivity contribution in [3.8, 4) is 0 Å². The second-order valence-electron chi connectivity index (χ2n) is 4.18. The largest absolute Gasteiger partial charge is 0.388 e. The third kappa shape index (κ3) is 6.38. The monoisotopic (exact) mass is 183 g/mol. The van der Waals surface area contributed by atoms with E-state index in [9.17, 15) is 4.79 Å². The Morgan fingerprint density at radius 1 is 1.31 bits per heavy atom. The zero-order valence-corrected chi connectivity index (χ0v) is 9.18. The van der Waals surface area contributed by atoms with Crippen molar-refractivity contribution in [2.75, 3.05) is 6.54 Å². The van der Waals surface area contributed by atoms with Crippen LogP contribution < -0.4 is 5.32 Å². The molecule has 0 unspecified atom stereocenters. The first-order valence-electron chi connectivity index (χ1n) is 4.87. The van der Waals surface area contributed by atoms with Crippen LogP contribution in [0.2, 0.25) is 0 Å². The zero-order valence-electron chi connectivity index (χ0n) is 9.18. The number of rotatable bonds is 6. The smallest absolute Gasteiger partial charge is 0.141 e. The van der Waals surface area contributed by atoms with Gasteiger partial charge in [-0.2, -0.15) is 0 Å². The Labute approximate surface area is 81.4 Å². The van der Waals surface area contributed by atoms with Gasteiger partial charge in [-0.05, 0) is 5.92 Å². The minimum atomic E-state index is 0.109. The predicted molar refractivity (Wildman–Crippen MR) is 56.4 cm³/mol. The molecule has 0 saturated carbocycles. The van der Waals surface area contributed by atoms with Gasteiger partial charge in [0.25, 0.3) is 0 Å². The van der Waals surface area contributed by atoms with Crippen LogP contribution in [0.25, 0.3) is 0 Å². The van der Waals surface area contributed by atoms with Crippen LogP contribution in [0.15, 0.2) is 12.3 Å². The first kappa shape index (κ1) is 12.2. The van der Waals surface area contributed by atoms with E-state index >= 15 is 0 Å². The molecular weight excluding hydrogens is 162 g/mol. The molecule has 76 valence electrons. The van der Waals surface area contributed by atoms with Crippen molar-refractivity contribution in [3.05, 3.63) is 12.3 Å². The van der Waals surface area contributed by atoms with E-state index < -0.39 is 0 Å². The summed E-state index contributed by atoms with van der Waals surface area (Å²) in [5.41, 5.74) is 0.840. The Morgan fingerprint density at radius 2 is 1.85 bits per heavy atom. The number of nitrogens with one attached hydrogen (secondary N) is 1. The molecule has 0 saturated heterocycles. The van der Waals surface area contributed by atoms with Crippen LogP contribution in [0, 0.1) is 11.8 Å². The van der Waals surface area contributed by atoms with Gasteiger partial charge in [0.2, 0.25) is 0 Å². The molecule has 2 nitrogen and oxygen atoms in total. The lowest BCUT2D eigenvalue weighted by atomic mass is 10.1. The molecule has 0 aliphatic rings. The standard InChI is InChI=1S/C11H21NO/c1-8(2)7-12-10(5)6-11(13)9(3)4/h8-9,12H,5-7H2,1-4H3. The molecule has 0 aromatic heterocycles. The van der Waals surface area contributed by atoms with E-state index in [0.717, 1.165) is 12.2 Å². The highest BCUT2D eigenvalue weighted by atomic mass is 16.1. The van der Waals surface area contributed by atoms with Crippen molar-refractivity contribution >= 4 is 5.78 Å². The maximum absolute atomic E-state index is 11.3. The van der Waals surface area contributed by atoms with Gasteiger partial charge in [0.1, 0.15) is 5.78 Å². The third-order valence-corrected chi connectivity index (χ3v) is 1.79. The second kappa shape index (κ2) is 5.79. The fraction of sp³-hybridized carbons (Fsp3) is 0.727. The van der Waals surface area contributed by atoms with Crippen LogP contribution in [0.3, 0.4) is 0 Å². The fourth-order valence-electron chi connectivity index (χ4n) is 0.825. The Morgan fingerprint density at radius 3 is 2.23 bits per heavy atom. The first-order chi connectivity index (χ1) is 5.93. The summed E-state index contributed by atoms with van der Waals surface area (Å²) in [6.45, 7) is 12.8. The zero-order chi connectivity index (χ0) is 10.4. The van der Waals surface area contributed by atoms with Gasteiger partial charge in [-0.15, -0.1) is 0 Å². The van der Waals surface area contributed by atoms with Gasteiger partial charge in [-0.25, -0.2) is 0 Å². The molecule has 0 heterocycles. The van der Waals surface area contributed by atoms with Gasteiger partial charge in [0.05, 0.1) is 0 Å². The maximum Gasteiger partial charge on any atom is 0.141 e. The summed E-state index contributed by atoms with van der Waals surface area (Å²) < 4.78 is 0. The van der Waals surface area contributed by atoms with Crippen molar-refractivity contribution in [1.82, 2.24) is 5.32 Å². The SMILES string of the molecule is C=C(CC(=O)C(C)C)NCC(C)C. The van der Waals surface area contributed by atoms with E-state index in [1.807, 2.05) is 13.8 Å². The van der Waals surface area contributed by atoms with Crippen molar-refractivity contribution in [1.29, 1.82) is 0 Å². The molecule has 0 bridgehead atoms. The normalized spacial score (nSPS) is 10.6. The molecule has 1 N–H and O–H groups in total. The van der Waals surface area contributed by atoms with Crippen LogP contribution in [-0.4, -0.2) is 12.3 Å². The van der Waals surface area contributed by atoms with Crippen LogP contribution in [-0.2, 0) is 4.79 Å². The van der Waals surface area contributed by atoms with Gasteiger partial charge in [-0.3, -0.25) is 4.79 Å². The molecule has 0 aromatic carbocycles. The van der Waals surface area contributed by atoms with Gasteiger partial charge < -0.3 is 5.32 Å². The molecule has 0 spiro atoms. The van der Waals surface area contributed by atoms with Crippen molar-refractivity contribution in [2.45, 2.75) is 34.1 Å². The topological polar surface area (TPSA) is 29.1 Å². The molecule has 0 amide bonds. The molecule has 13 heavy (non-hydrogen) atoms. The molecule has 0 radical (unpaired) electrons. The van der Waals surface area contributed by atoms with Gasteiger partial charge in [-0.1, -0.05) is 34.3 Å². The Bertz CT molecular complexity index is 183. The number of Topliss-reactive ketones (excluding diaryl/α,β-unsaturated/α-hetero) is 1. The summed E-state index contributed by atoms with van der Waals surface area (Å²) in [6.07, 6.45) is 0.463. The molecule has 0 aliphatic heterocycles. The summed E-state index contributed by atoms with van der Waals surface area (Å²) in [4.78, 5) is 11.3. The highest BCUT2D eigenvalue weighted by molar-refractivity contribution is 5.82. The van der Waals surface area contributed by atoms with E-state index in [4.69, 9.17) is 0 Å². The highest BCUT2D eigenvalue weighted by Gasteiger charge is 2.08. The Hall–Kier alpha value is -0.790. The summed E-state index contributed by atoms with van der Waals surface area (Å²) in [5, 5.41) is 3.15. The third-order valence-electron chi connectivity index (χ3n) is 1.79. The van der Waals surface area contributed by atoms with E-state index in [2.05, 4.69) is 25.7 Å². The number of hydrogen-bond donors (Lipinski definition) is 1. The fourth-order valence-corrected chi connectivity index (χ4v) is 0.825. The van der Waals surface area contributed by atoms with E-state index in [-0.39, 0.29) is 11.7 Å². The number of ketones is 1. The van der Waals surface area contributed by atoms with Gasteiger partial charge in [0, 0.05) is 24.6 Å². The number of carbonyl (C=O) groups is 1. The van der Waals surface area contributed by atoms with Crippen molar-refractivity contribution < 1.29 is 4.79 Å². The van der Waals surface area contributed by atoms with Crippen LogP contribution in [0.5, 0.6) is 0 Å². The number of hydrogen-bond acceptors (Lipinski definition) is 2. The predicted octanol–water partition coefficient (Wildman–Crippen LogP) is 2.36. The lowest BCUT2D eigenvalue weighted by Gasteiger charge is -2.11. The molecule has 0 aromatic rings. The summed E-state index contributed by atoms with van der Waals surface area (Å²) in [7, 11) is 0. The molecule has 0 atom stereocenters. The Balaban J connectivity index is 3.69. The minimum Gasteiger partial charge on any atom is -0.388 e. The number of allylic oxidation sites excluding steroid dienone is 1. The summed E-state index contributed by atoms with van der Waals surface area (Å²) in [5.74, 6) is 0.949. The van der Waals surface area contributed by atoms with Gasteiger partial charge in [0.15, 0.2) is 0 Å². The van der Waals surface area contributed by atoms with E-state index in [1.165, 1.54) is 0 Å². The summed E-state index contributed by atoms with van der Waals surface area (Å²) in [6, 6.07) is 0. The Kier molecular flexibility index (Phi) is 5.44. The lowest BCUT2D eigenvalue weighted by molar-refractivity contribution is -0.121. The average Bonchev–Trinajstić information content (AvgIpc) is 2.00. The van der Waals surface area contributed by atoms with Crippen LogP contribution >= 0.6 is 0 Å². The molecule has 2 heteroatoms. The molecular formula is C11H21NO. The molecule has 0 aliphatic carbocycles. The van der Waals surface area contributed by atoms with Crippen LogP contribution in [0.1, 0.15) is 34.1 Å². The maximum atomic E-state index is 11.3. The lowest BCUT2D eigenvalue weighted by Crippen LogP contribution is -2.21.